The van der Waals surface area contributed by atoms with E-state index in [2.05, 4.69) is 5.32 Å². The van der Waals surface area contributed by atoms with E-state index in [-0.39, 0.29) is 37.0 Å². The lowest BCUT2D eigenvalue weighted by Gasteiger charge is -2.13. The van der Waals surface area contributed by atoms with Crippen LogP contribution in [0.2, 0.25) is 0 Å². The lowest BCUT2D eigenvalue weighted by molar-refractivity contribution is -0.147. The molecule has 1 fully saturated rings. The standard InChI is InChI=1S/C12H22N2O4/c1-8(2)17-11(15)5-6-14-12(16)10-4-3-9(7-13)18-10/h8-10H,3-7,13H2,1-2H3,(H,14,16)/t9-,10+/m1/s1. The minimum Gasteiger partial charge on any atom is -0.463 e. The first kappa shape index (κ1) is 14.9. The lowest BCUT2D eigenvalue weighted by Crippen LogP contribution is -2.36. The van der Waals surface area contributed by atoms with Crippen molar-refractivity contribution in [3.8, 4) is 0 Å². The molecule has 0 radical (unpaired) electrons. The number of carbonyl (C=O) groups is 2. The third kappa shape index (κ3) is 5.01. The monoisotopic (exact) mass is 258 g/mol. The predicted molar refractivity (Wildman–Crippen MR) is 65.8 cm³/mol. The number of ether oxygens (including phenoxy) is 2. The summed E-state index contributed by atoms with van der Waals surface area (Å²) >= 11 is 0. The molecular formula is C12H22N2O4. The van der Waals surface area contributed by atoms with Crippen LogP contribution in [0.1, 0.15) is 33.1 Å². The first-order chi connectivity index (χ1) is 8.52. The maximum Gasteiger partial charge on any atom is 0.307 e. The van der Waals surface area contributed by atoms with Crippen LogP contribution in [-0.4, -0.2) is 43.3 Å². The Hall–Kier alpha value is -1.14. The average Bonchev–Trinajstić information content (AvgIpc) is 2.76. The molecular weight excluding hydrogens is 236 g/mol. The van der Waals surface area contributed by atoms with E-state index in [0.717, 1.165) is 6.42 Å². The van der Waals surface area contributed by atoms with Crippen LogP contribution in [0.5, 0.6) is 0 Å². The highest BCUT2D eigenvalue weighted by molar-refractivity contribution is 5.81. The quantitative estimate of drug-likeness (QED) is 0.652. The zero-order valence-corrected chi connectivity index (χ0v) is 11.0. The van der Waals surface area contributed by atoms with E-state index in [1.807, 2.05) is 0 Å². The van der Waals surface area contributed by atoms with E-state index in [0.29, 0.717) is 13.0 Å². The molecule has 18 heavy (non-hydrogen) atoms. The molecule has 1 heterocycles. The third-order valence-corrected chi connectivity index (χ3v) is 2.66. The third-order valence-electron chi connectivity index (χ3n) is 2.66. The highest BCUT2D eigenvalue weighted by Gasteiger charge is 2.29. The fourth-order valence-electron chi connectivity index (χ4n) is 1.80. The van der Waals surface area contributed by atoms with Gasteiger partial charge in [-0.25, -0.2) is 0 Å². The van der Waals surface area contributed by atoms with Gasteiger partial charge in [0.2, 0.25) is 5.91 Å². The second-order valence-corrected chi connectivity index (χ2v) is 4.64. The summed E-state index contributed by atoms with van der Waals surface area (Å²) in [5.74, 6) is -0.485. The lowest BCUT2D eigenvalue weighted by atomic mass is 10.2. The van der Waals surface area contributed by atoms with E-state index in [1.165, 1.54) is 0 Å². The summed E-state index contributed by atoms with van der Waals surface area (Å²) in [6.45, 7) is 4.29. The van der Waals surface area contributed by atoms with Crippen molar-refractivity contribution in [3.05, 3.63) is 0 Å². The summed E-state index contributed by atoms with van der Waals surface area (Å²) < 4.78 is 10.4. The number of amides is 1. The van der Waals surface area contributed by atoms with Gasteiger partial charge in [0.05, 0.1) is 18.6 Å². The van der Waals surface area contributed by atoms with Crippen LogP contribution in [0.25, 0.3) is 0 Å². The summed E-state index contributed by atoms with van der Waals surface area (Å²) in [4.78, 5) is 22.9. The Bertz CT molecular complexity index is 294. The van der Waals surface area contributed by atoms with Gasteiger partial charge in [-0.1, -0.05) is 0 Å². The van der Waals surface area contributed by atoms with Crippen molar-refractivity contribution in [3.63, 3.8) is 0 Å². The summed E-state index contributed by atoms with van der Waals surface area (Å²) in [6, 6.07) is 0. The van der Waals surface area contributed by atoms with Crippen LogP contribution in [0.3, 0.4) is 0 Å². The summed E-state index contributed by atoms with van der Waals surface area (Å²) in [5.41, 5.74) is 5.46. The van der Waals surface area contributed by atoms with E-state index in [9.17, 15) is 9.59 Å². The number of nitrogens with two attached hydrogens (primary N) is 1. The van der Waals surface area contributed by atoms with Gasteiger partial charge < -0.3 is 20.5 Å². The Balaban J connectivity index is 2.16. The summed E-state index contributed by atoms with van der Waals surface area (Å²) in [6.07, 6.45) is 1.09. The number of hydrogen-bond donors (Lipinski definition) is 2. The van der Waals surface area contributed by atoms with Crippen LogP contribution in [0.15, 0.2) is 0 Å². The molecule has 0 unspecified atom stereocenters. The van der Waals surface area contributed by atoms with Gasteiger partial charge in [-0.3, -0.25) is 9.59 Å². The Labute approximate surface area is 107 Å². The number of esters is 1. The molecule has 1 aliphatic heterocycles. The molecule has 0 aromatic carbocycles. The topological polar surface area (TPSA) is 90.7 Å². The Morgan fingerprint density at radius 2 is 2.17 bits per heavy atom. The fourth-order valence-corrected chi connectivity index (χ4v) is 1.80. The molecule has 0 saturated carbocycles. The van der Waals surface area contributed by atoms with E-state index < -0.39 is 6.10 Å². The molecule has 3 N–H and O–H groups in total. The van der Waals surface area contributed by atoms with Crippen LogP contribution in [0, 0.1) is 0 Å². The van der Waals surface area contributed by atoms with Gasteiger partial charge in [0, 0.05) is 13.1 Å². The SMILES string of the molecule is CC(C)OC(=O)CCNC(=O)[C@@H]1CC[C@H](CN)O1. The highest BCUT2D eigenvalue weighted by Crippen LogP contribution is 2.18. The fraction of sp³-hybridized carbons (Fsp3) is 0.833. The van der Waals surface area contributed by atoms with Crippen molar-refractivity contribution in [1.29, 1.82) is 0 Å². The van der Waals surface area contributed by atoms with Gasteiger partial charge >= 0.3 is 5.97 Å². The van der Waals surface area contributed by atoms with Crippen molar-refractivity contribution >= 4 is 11.9 Å². The van der Waals surface area contributed by atoms with Crippen LogP contribution < -0.4 is 11.1 Å². The molecule has 104 valence electrons. The number of carbonyl (C=O) groups excluding carboxylic acids is 2. The van der Waals surface area contributed by atoms with Crippen LogP contribution in [-0.2, 0) is 19.1 Å². The highest BCUT2D eigenvalue weighted by atomic mass is 16.5. The molecule has 1 amide bonds. The average molecular weight is 258 g/mol. The largest absolute Gasteiger partial charge is 0.463 e. The maximum atomic E-state index is 11.7. The molecule has 0 bridgehead atoms. The van der Waals surface area contributed by atoms with Gasteiger partial charge in [0.1, 0.15) is 6.10 Å². The zero-order valence-electron chi connectivity index (χ0n) is 11.0. The normalized spacial score (nSPS) is 23.1. The first-order valence-electron chi connectivity index (χ1n) is 6.35. The van der Waals surface area contributed by atoms with E-state index >= 15 is 0 Å². The number of rotatable bonds is 6. The Kier molecular flexibility index (Phi) is 6.07. The molecule has 6 heteroatoms. The second kappa shape index (κ2) is 7.33. The predicted octanol–water partition coefficient (Wildman–Crippen LogP) is -0.0494. The van der Waals surface area contributed by atoms with Crippen LogP contribution in [0.4, 0.5) is 0 Å². The van der Waals surface area contributed by atoms with Crippen LogP contribution >= 0.6 is 0 Å². The Morgan fingerprint density at radius 3 is 2.72 bits per heavy atom. The zero-order chi connectivity index (χ0) is 13.5. The van der Waals surface area contributed by atoms with Crippen molar-refractivity contribution in [2.75, 3.05) is 13.1 Å². The van der Waals surface area contributed by atoms with Crippen molar-refractivity contribution < 1.29 is 19.1 Å². The van der Waals surface area contributed by atoms with Gasteiger partial charge in [-0.2, -0.15) is 0 Å². The molecule has 6 nitrogen and oxygen atoms in total. The van der Waals surface area contributed by atoms with Gasteiger partial charge in [0.15, 0.2) is 0 Å². The number of hydrogen-bond acceptors (Lipinski definition) is 5. The second-order valence-electron chi connectivity index (χ2n) is 4.64. The van der Waals surface area contributed by atoms with Crippen molar-refractivity contribution in [1.82, 2.24) is 5.32 Å². The van der Waals surface area contributed by atoms with Crippen molar-refractivity contribution in [2.45, 2.75) is 51.4 Å². The van der Waals surface area contributed by atoms with Gasteiger partial charge in [0.25, 0.3) is 0 Å². The molecule has 2 atom stereocenters. The van der Waals surface area contributed by atoms with E-state index in [1.54, 1.807) is 13.8 Å². The summed E-state index contributed by atoms with van der Waals surface area (Å²) in [7, 11) is 0. The Morgan fingerprint density at radius 1 is 1.44 bits per heavy atom. The maximum absolute atomic E-state index is 11.7. The molecule has 1 rings (SSSR count). The molecule has 0 aromatic rings. The minimum absolute atomic E-state index is 0.0216. The molecule has 0 aliphatic carbocycles. The van der Waals surface area contributed by atoms with Gasteiger partial charge in [-0.15, -0.1) is 0 Å². The molecule has 1 aliphatic rings. The van der Waals surface area contributed by atoms with E-state index in [4.69, 9.17) is 15.2 Å². The molecule has 0 aromatic heterocycles. The minimum atomic E-state index is -0.431. The smallest absolute Gasteiger partial charge is 0.307 e. The van der Waals surface area contributed by atoms with Gasteiger partial charge in [-0.05, 0) is 26.7 Å². The first-order valence-corrected chi connectivity index (χ1v) is 6.35. The number of nitrogens with one attached hydrogen (secondary N) is 1. The molecule has 0 spiro atoms. The van der Waals surface area contributed by atoms with Crippen molar-refractivity contribution in [2.24, 2.45) is 5.73 Å². The summed E-state index contributed by atoms with van der Waals surface area (Å²) in [5, 5.41) is 2.67. The molecule has 1 saturated heterocycles.